The number of nitrogens with zero attached hydrogens (tertiary/aromatic N) is 3. The van der Waals surface area contributed by atoms with E-state index in [0.717, 1.165) is 11.1 Å². The fourth-order valence-corrected chi connectivity index (χ4v) is 2.25. The minimum absolute atomic E-state index is 0.00785. The van der Waals surface area contributed by atoms with Crippen LogP contribution in [0.1, 0.15) is 10.7 Å². The first-order valence-electron chi connectivity index (χ1n) is 7.50. The summed E-state index contributed by atoms with van der Waals surface area (Å²) in [4.78, 5) is 15.7. The molecule has 25 heavy (non-hydrogen) atoms. The average Bonchev–Trinajstić information content (AvgIpc) is 3.35. The van der Waals surface area contributed by atoms with E-state index >= 15 is 0 Å². The van der Waals surface area contributed by atoms with Gasteiger partial charge < -0.3 is 14.2 Å². The number of oxazole rings is 1. The number of amides is 1. The number of rotatable bonds is 4. The summed E-state index contributed by atoms with van der Waals surface area (Å²) in [5, 5.41) is 10.8. The Morgan fingerprint density at radius 2 is 1.56 bits per heavy atom. The molecule has 0 spiro atoms. The van der Waals surface area contributed by atoms with E-state index in [1.165, 1.54) is 12.5 Å². The molecule has 2 aromatic carbocycles. The van der Waals surface area contributed by atoms with E-state index in [1.54, 1.807) is 24.3 Å². The van der Waals surface area contributed by atoms with Crippen molar-refractivity contribution in [1.82, 2.24) is 15.2 Å². The van der Waals surface area contributed by atoms with E-state index in [-0.39, 0.29) is 5.89 Å². The van der Waals surface area contributed by atoms with Gasteiger partial charge in [-0.05, 0) is 36.4 Å². The van der Waals surface area contributed by atoms with Gasteiger partial charge in [-0.1, -0.05) is 18.2 Å². The molecule has 1 amide bonds. The Labute approximate surface area is 142 Å². The molecular weight excluding hydrogens is 320 g/mol. The average molecular weight is 332 g/mol. The molecule has 0 aliphatic rings. The smallest absolute Gasteiger partial charge is 0.311 e. The van der Waals surface area contributed by atoms with Crippen LogP contribution in [0.5, 0.6) is 0 Å². The Kier molecular flexibility index (Phi) is 3.80. The number of carbonyl (C=O) groups is 1. The summed E-state index contributed by atoms with van der Waals surface area (Å²) in [7, 11) is 0. The van der Waals surface area contributed by atoms with Crippen LogP contribution < -0.4 is 5.32 Å². The largest absolute Gasteiger partial charge is 0.441 e. The van der Waals surface area contributed by atoms with Crippen molar-refractivity contribution in [2.24, 2.45) is 0 Å². The van der Waals surface area contributed by atoms with Crippen molar-refractivity contribution in [3.05, 3.63) is 72.9 Å². The molecular formula is C18H12N4O3. The fourth-order valence-electron chi connectivity index (χ4n) is 2.25. The summed E-state index contributed by atoms with van der Waals surface area (Å²) >= 11 is 0. The third kappa shape index (κ3) is 3.16. The Balaban J connectivity index is 1.51. The van der Waals surface area contributed by atoms with Crippen LogP contribution in [0.15, 0.2) is 75.9 Å². The molecule has 0 aliphatic carbocycles. The van der Waals surface area contributed by atoms with Gasteiger partial charge in [-0.2, -0.15) is 0 Å². The lowest BCUT2D eigenvalue weighted by atomic mass is 10.2. The Morgan fingerprint density at radius 1 is 0.880 bits per heavy atom. The highest BCUT2D eigenvalue weighted by Gasteiger charge is 2.12. The van der Waals surface area contributed by atoms with Crippen LogP contribution in [0.4, 0.5) is 5.69 Å². The van der Waals surface area contributed by atoms with Gasteiger partial charge in [0, 0.05) is 16.8 Å². The van der Waals surface area contributed by atoms with Crippen LogP contribution >= 0.6 is 0 Å². The van der Waals surface area contributed by atoms with Gasteiger partial charge in [0.25, 0.3) is 5.89 Å². The van der Waals surface area contributed by atoms with Gasteiger partial charge in [0.05, 0.1) is 6.20 Å². The van der Waals surface area contributed by atoms with Gasteiger partial charge >= 0.3 is 5.91 Å². The number of anilines is 1. The quantitative estimate of drug-likeness (QED) is 0.613. The SMILES string of the molecule is O=C(Nc1ccc(-c2nnc(-c3ccccc3)o2)cc1)c1ncco1. The van der Waals surface area contributed by atoms with Gasteiger partial charge in [0.15, 0.2) is 0 Å². The molecule has 0 aliphatic heterocycles. The van der Waals surface area contributed by atoms with Gasteiger partial charge in [-0.3, -0.25) is 4.79 Å². The van der Waals surface area contributed by atoms with Crippen molar-refractivity contribution in [3.63, 3.8) is 0 Å². The first-order valence-corrected chi connectivity index (χ1v) is 7.50. The topological polar surface area (TPSA) is 94.1 Å². The molecule has 1 N–H and O–H groups in total. The molecule has 4 rings (SSSR count). The lowest BCUT2D eigenvalue weighted by Crippen LogP contribution is -2.11. The molecule has 0 bridgehead atoms. The lowest BCUT2D eigenvalue weighted by Gasteiger charge is -2.02. The van der Waals surface area contributed by atoms with Crippen LogP contribution in [0, 0.1) is 0 Å². The Hall–Kier alpha value is -3.74. The van der Waals surface area contributed by atoms with Crippen molar-refractivity contribution < 1.29 is 13.6 Å². The van der Waals surface area contributed by atoms with E-state index in [4.69, 9.17) is 8.83 Å². The van der Waals surface area contributed by atoms with Crippen LogP contribution in [-0.4, -0.2) is 21.1 Å². The molecule has 0 atom stereocenters. The first kappa shape index (κ1) is 14.8. The number of hydrogen-bond acceptors (Lipinski definition) is 6. The standard InChI is InChI=1S/C18H12N4O3/c23-15(18-19-10-11-24-18)20-14-8-6-13(7-9-14)17-22-21-16(25-17)12-4-2-1-3-5-12/h1-11H,(H,20,23). The maximum absolute atomic E-state index is 11.9. The summed E-state index contributed by atoms with van der Waals surface area (Å²) in [6, 6.07) is 16.6. The maximum atomic E-state index is 11.9. The second kappa shape index (κ2) is 6.40. The van der Waals surface area contributed by atoms with Crippen LogP contribution in [0.2, 0.25) is 0 Å². The minimum atomic E-state index is -0.415. The van der Waals surface area contributed by atoms with E-state index < -0.39 is 5.91 Å². The van der Waals surface area contributed by atoms with Crippen LogP contribution in [0.25, 0.3) is 22.9 Å². The number of nitrogens with one attached hydrogen (secondary N) is 1. The highest BCUT2D eigenvalue weighted by atomic mass is 16.4. The van der Waals surface area contributed by atoms with Crippen molar-refractivity contribution in [2.75, 3.05) is 5.32 Å². The van der Waals surface area contributed by atoms with Gasteiger partial charge in [0.2, 0.25) is 11.8 Å². The van der Waals surface area contributed by atoms with Crippen LogP contribution in [-0.2, 0) is 0 Å². The fraction of sp³-hybridized carbons (Fsp3) is 0. The van der Waals surface area contributed by atoms with Crippen molar-refractivity contribution in [3.8, 4) is 22.9 Å². The monoisotopic (exact) mass is 332 g/mol. The highest BCUT2D eigenvalue weighted by Crippen LogP contribution is 2.24. The molecule has 7 heteroatoms. The summed E-state index contributed by atoms with van der Waals surface area (Å²) in [6.07, 6.45) is 2.76. The van der Waals surface area contributed by atoms with Gasteiger partial charge in [0.1, 0.15) is 6.26 Å². The number of benzene rings is 2. The lowest BCUT2D eigenvalue weighted by molar-refractivity contribution is 0.0990. The summed E-state index contributed by atoms with van der Waals surface area (Å²) in [5.74, 6) is 0.455. The second-order valence-corrected chi connectivity index (χ2v) is 5.15. The second-order valence-electron chi connectivity index (χ2n) is 5.15. The number of aromatic nitrogens is 3. The van der Waals surface area contributed by atoms with Crippen LogP contribution in [0.3, 0.4) is 0 Å². The molecule has 2 aromatic heterocycles. The summed E-state index contributed by atoms with van der Waals surface area (Å²) < 4.78 is 10.6. The zero-order valence-electron chi connectivity index (χ0n) is 12.9. The van der Waals surface area contributed by atoms with Crippen molar-refractivity contribution in [1.29, 1.82) is 0 Å². The number of carbonyl (C=O) groups excluding carboxylic acids is 1. The number of hydrogen-bond donors (Lipinski definition) is 1. The van der Waals surface area contributed by atoms with Crippen molar-refractivity contribution >= 4 is 11.6 Å². The Bertz CT molecular complexity index is 977. The molecule has 0 unspecified atom stereocenters. The Morgan fingerprint density at radius 3 is 2.20 bits per heavy atom. The van der Waals surface area contributed by atoms with E-state index in [9.17, 15) is 4.79 Å². The normalized spacial score (nSPS) is 10.6. The molecule has 7 nitrogen and oxygen atoms in total. The molecule has 0 radical (unpaired) electrons. The molecule has 122 valence electrons. The first-order chi connectivity index (χ1) is 12.3. The van der Waals surface area contributed by atoms with E-state index in [1.807, 2.05) is 30.3 Å². The highest BCUT2D eigenvalue weighted by molar-refractivity contribution is 6.00. The molecule has 2 heterocycles. The van der Waals surface area contributed by atoms with E-state index in [0.29, 0.717) is 17.5 Å². The zero-order chi connectivity index (χ0) is 17.1. The molecule has 0 fully saturated rings. The summed E-state index contributed by atoms with van der Waals surface area (Å²) in [6.45, 7) is 0. The van der Waals surface area contributed by atoms with Gasteiger partial charge in [-0.25, -0.2) is 4.98 Å². The third-order valence-corrected chi connectivity index (χ3v) is 3.46. The zero-order valence-corrected chi connectivity index (χ0v) is 12.9. The molecule has 4 aromatic rings. The molecule has 0 saturated heterocycles. The van der Waals surface area contributed by atoms with E-state index in [2.05, 4.69) is 20.5 Å². The maximum Gasteiger partial charge on any atom is 0.311 e. The third-order valence-electron chi connectivity index (χ3n) is 3.46. The molecule has 0 saturated carbocycles. The minimum Gasteiger partial charge on any atom is -0.441 e. The predicted octanol–water partition coefficient (Wildman–Crippen LogP) is 3.64. The van der Waals surface area contributed by atoms with Gasteiger partial charge in [-0.15, -0.1) is 10.2 Å². The summed E-state index contributed by atoms with van der Waals surface area (Å²) in [5.41, 5.74) is 2.22. The van der Waals surface area contributed by atoms with Crippen molar-refractivity contribution in [2.45, 2.75) is 0 Å². The predicted molar refractivity (Wildman–Crippen MR) is 89.6 cm³/mol.